The van der Waals surface area contributed by atoms with Gasteiger partial charge in [0.1, 0.15) is 11.3 Å². The molecule has 0 amide bonds. The molecule has 1 aliphatic heterocycles. The molecule has 27 heavy (non-hydrogen) atoms. The predicted octanol–water partition coefficient (Wildman–Crippen LogP) is 3.85. The number of hydrogen-bond donors (Lipinski definition) is 0. The fourth-order valence-electron chi connectivity index (χ4n) is 3.86. The topological polar surface area (TPSA) is 60.0 Å². The van der Waals surface area contributed by atoms with E-state index in [9.17, 15) is 0 Å². The van der Waals surface area contributed by atoms with Crippen molar-refractivity contribution in [3.8, 4) is 0 Å². The molecule has 0 saturated carbocycles. The first kappa shape index (κ1) is 16.1. The summed E-state index contributed by atoms with van der Waals surface area (Å²) in [6.45, 7) is 2.66. The molecule has 1 fully saturated rings. The summed E-state index contributed by atoms with van der Waals surface area (Å²) in [6, 6.07) is 12.7. The summed E-state index contributed by atoms with van der Waals surface area (Å²) in [5.41, 5.74) is 2.98. The molecule has 4 aromatic rings. The molecule has 6 heteroatoms. The minimum absolute atomic E-state index is 0.366. The van der Waals surface area contributed by atoms with E-state index in [1.807, 2.05) is 42.9 Å². The normalized spacial score (nSPS) is 17.5. The van der Waals surface area contributed by atoms with Gasteiger partial charge in [-0.05, 0) is 42.7 Å². The van der Waals surface area contributed by atoms with Crippen LogP contribution in [0.15, 0.2) is 65.6 Å². The third kappa shape index (κ3) is 3.18. The third-order valence-electron chi connectivity index (χ3n) is 5.19. The summed E-state index contributed by atoms with van der Waals surface area (Å²) in [5.74, 6) is 1.50. The van der Waals surface area contributed by atoms with Crippen molar-refractivity contribution < 1.29 is 4.42 Å². The van der Waals surface area contributed by atoms with E-state index in [1.165, 1.54) is 5.56 Å². The average Bonchev–Trinajstić information content (AvgIpc) is 3.36. The molecule has 3 aromatic heterocycles. The van der Waals surface area contributed by atoms with E-state index in [0.29, 0.717) is 11.9 Å². The maximum Gasteiger partial charge on any atom is 0.298 e. The number of imidazole rings is 1. The molecular weight excluding hydrogens is 338 g/mol. The van der Waals surface area contributed by atoms with E-state index in [4.69, 9.17) is 4.42 Å². The van der Waals surface area contributed by atoms with Gasteiger partial charge in [-0.3, -0.25) is 4.98 Å². The van der Waals surface area contributed by atoms with Crippen molar-refractivity contribution in [2.24, 2.45) is 0 Å². The number of fused-ring (bicyclic) bond motifs is 1. The molecule has 1 aromatic carbocycles. The van der Waals surface area contributed by atoms with E-state index in [-0.39, 0.29) is 0 Å². The van der Waals surface area contributed by atoms with E-state index in [2.05, 4.69) is 42.7 Å². The highest BCUT2D eigenvalue weighted by Gasteiger charge is 2.27. The van der Waals surface area contributed by atoms with Gasteiger partial charge in [-0.2, -0.15) is 4.98 Å². The lowest BCUT2D eigenvalue weighted by molar-refractivity contribution is 0.447. The lowest BCUT2D eigenvalue weighted by Gasteiger charge is -2.31. The molecule has 0 radical (unpaired) electrons. The Morgan fingerprint density at radius 2 is 1.96 bits per heavy atom. The minimum atomic E-state index is 0.366. The first-order valence-electron chi connectivity index (χ1n) is 9.37. The van der Waals surface area contributed by atoms with Crippen LogP contribution in [-0.2, 0) is 6.54 Å². The highest BCUT2D eigenvalue weighted by molar-refractivity contribution is 5.74. The van der Waals surface area contributed by atoms with E-state index in [1.54, 1.807) is 0 Å². The quantitative estimate of drug-likeness (QED) is 0.554. The summed E-state index contributed by atoms with van der Waals surface area (Å²) >= 11 is 0. The van der Waals surface area contributed by atoms with Crippen LogP contribution in [0.1, 0.15) is 30.1 Å². The zero-order valence-corrected chi connectivity index (χ0v) is 15.0. The van der Waals surface area contributed by atoms with Gasteiger partial charge in [0.05, 0.1) is 0 Å². The third-order valence-corrected chi connectivity index (χ3v) is 5.19. The summed E-state index contributed by atoms with van der Waals surface area (Å²) in [5, 5.41) is 0. The van der Waals surface area contributed by atoms with Crippen LogP contribution in [0.2, 0.25) is 0 Å². The lowest BCUT2D eigenvalue weighted by Crippen LogP contribution is -2.35. The molecule has 0 spiro atoms. The summed E-state index contributed by atoms with van der Waals surface area (Å²) in [4.78, 5) is 15.7. The number of para-hydroxylation sites is 2. The summed E-state index contributed by atoms with van der Waals surface area (Å²) in [6.07, 6.45) is 9.86. The largest absolute Gasteiger partial charge is 0.423 e. The first-order chi connectivity index (χ1) is 13.4. The zero-order valence-electron chi connectivity index (χ0n) is 15.0. The molecule has 6 nitrogen and oxygen atoms in total. The molecule has 0 aliphatic carbocycles. The number of rotatable bonds is 4. The van der Waals surface area contributed by atoms with Crippen molar-refractivity contribution in [2.45, 2.75) is 25.3 Å². The first-order valence-corrected chi connectivity index (χ1v) is 9.37. The maximum absolute atomic E-state index is 5.98. The van der Waals surface area contributed by atoms with Crippen LogP contribution in [0.25, 0.3) is 11.1 Å². The van der Waals surface area contributed by atoms with Crippen molar-refractivity contribution in [1.82, 2.24) is 19.5 Å². The molecule has 5 rings (SSSR count). The number of benzene rings is 1. The van der Waals surface area contributed by atoms with Crippen molar-refractivity contribution in [2.75, 3.05) is 18.0 Å². The maximum atomic E-state index is 5.98. The second kappa shape index (κ2) is 6.87. The molecule has 1 atom stereocenters. The summed E-state index contributed by atoms with van der Waals surface area (Å²) < 4.78 is 8.23. The van der Waals surface area contributed by atoms with Crippen LogP contribution in [-0.4, -0.2) is 32.6 Å². The number of hydrogen-bond acceptors (Lipinski definition) is 5. The Morgan fingerprint density at radius 3 is 2.85 bits per heavy atom. The number of nitrogens with zero attached hydrogens (tertiary/aromatic N) is 5. The van der Waals surface area contributed by atoms with Crippen molar-refractivity contribution in [3.05, 3.63) is 72.6 Å². The highest BCUT2D eigenvalue weighted by Crippen LogP contribution is 2.30. The van der Waals surface area contributed by atoms with Crippen LogP contribution in [0.4, 0.5) is 6.01 Å². The van der Waals surface area contributed by atoms with Gasteiger partial charge in [0.15, 0.2) is 5.58 Å². The van der Waals surface area contributed by atoms with Crippen molar-refractivity contribution >= 4 is 17.1 Å². The molecule has 1 saturated heterocycles. The molecule has 1 aliphatic rings. The summed E-state index contributed by atoms with van der Waals surface area (Å²) in [7, 11) is 0. The fraction of sp³-hybridized carbons (Fsp3) is 0.286. The second-order valence-corrected chi connectivity index (χ2v) is 7.02. The van der Waals surface area contributed by atoms with Gasteiger partial charge in [-0.1, -0.05) is 12.1 Å². The second-order valence-electron chi connectivity index (χ2n) is 7.02. The fourth-order valence-corrected chi connectivity index (χ4v) is 3.86. The van der Waals surface area contributed by atoms with Crippen LogP contribution in [0, 0.1) is 0 Å². The van der Waals surface area contributed by atoms with Crippen LogP contribution >= 0.6 is 0 Å². The number of pyridine rings is 1. The Kier molecular flexibility index (Phi) is 4.08. The van der Waals surface area contributed by atoms with E-state index in [0.717, 1.165) is 49.4 Å². The van der Waals surface area contributed by atoms with E-state index >= 15 is 0 Å². The number of oxazole rings is 1. The van der Waals surface area contributed by atoms with Gasteiger partial charge < -0.3 is 13.9 Å². The average molecular weight is 359 g/mol. The Bertz CT molecular complexity index is 1010. The van der Waals surface area contributed by atoms with Gasteiger partial charge in [0, 0.05) is 50.3 Å². The van der Waals surface area contributed by atoms with Crippen molar-refractivity contribution in [3.63, 3.8) is 0 Å². The predicted molar refractivity (Wildman–Crippen MR) is 104 cm³/mol. The van der Waals surface area contributed by atoms with Gasteiger partial charge in [0.25, 0.3) is 6.01 Å². The molecule has 136 valence electrons. The molecule has 1 unspecified atom stereocenters. The van der Waals surface area contributed by atoms with Crippen LogP contribution in [0.5, 0.6) is 0 Å². The molecule has 0 bridgehead atoms. The molecular formula is C21H21N5O. The number of anilines is 1. The van der Waals surface area contributed by atoms with Crippen LogP contribution < -0.4 is 4.90 Å². The van der Waals surface area contributed by atoms with Crippen LogP contribution in [0.3, 0.4) is 0 Å². The van der Waals surface area contributed by atoms with Gasteiger partial charge in [-0.15, -0.1) is 0 Å². The lowest BCUT2D eigenvalue weighted by atomic mass is 9.97. The highest BCUT2D eigenvalue weighted by atomic mass is 16.4. The van der Waals surface area contributed by atoms with E-state index < -0.39 is 0 Å². The Labute approximate surface area is 157 Å². The molecule has 0 N–H and O–H groups in total. The Hall–Kier alpha value is -3.15. The monoisotopic (exact) mass is 359 g/mol. The Morgan fingerprint density at radius 1 is 1.07 bits per heavy atom. The molecule has 4 heterocycles. The minimum Gasteiger partial charge on any atom is -0.423 e. The van der Waals surface area contributed by atoms with Gasteiger partial charge in [0.2, 0.25) is 0 Å². The Balaban J connectivity index is 1.38. The standard InChI is InChI=1S/C21H21N5O/c1-2-6-19-18(5-1)24-21(27-19)26-12-3-4-17(15-26)20-23-11-13-25(20)14-16-7-9-22-10-8-16/h1-2,5-11,13,17H,3-4,12,14-15H2. The zero-order chi connectivity index (χ0) is 18.1. The van der Waals surface area contributed by atoms with Crippen molar-refractivity contribution in [1.29, 1.82) is 0 Å². The number of piperidine rings is 1. The van der Waals surface area contributed by atoms with Gasteiger partial charge >= 0.3 is 0 Å². The smallest absolute Gasteiger partial charge is 0.298 e. The number of aromatic nitrogens is 4. The van der Waals surface area contributed by atoms with Gasteiger partial charge in [-0.25, -0.2) is 4.98 Å². The SMILES string of the molecule is c1ccc2oc(N3CCCC(c4nccn4Cc4ccncc4)C3)nc2c1.